The van der Waals surface area contributed by atoms with Gasteiger partial charge in [0, 0.05) is 9.13 Å². The molecule has 3 nitrogen and oxygen atoms in total. The van der Waals surface area contributed by atoms with E-state index in [1.165, 1.54) is 0 Å². The minimum atomic E-state index is -0.487. The molecule has 3 aromatic rings. The van der Waals surface area contributed by atoms with E-state index >= 15 is 0 Å². The van der Waals surface area contributed by atoms with Gasteiger partial charge in [0.25, 0.3) is 0 Å². The third-order valence-electron chi connectivity index (χ3n) is 3.74. The first-order chi connectivity index (χ1) is 12.1. The molecule has 0 unspecified atom stereocenters. The molecule has 3 rings (SSSR count). The van der Waals surface area contributed by atoms with Crippen molar-refractivity contribution >= 4 is 34.3 Å². The van der Waals surface area contributed by atoms with Gasteiger partial charge < -0.3 is 4.74 Å². The van der Waals surface area contributed by atoms with E-state index in [2.05, 4.69) is 22.6 Å². The minimum Gasteiger partial charge on any atom is -0.454 e. The highest BCUT2D eigenvalue weighted by molar-refractivity contribution is 14.1. The third kappa shape index (κ3) is 4.33. The van der Waals surface area contributed by atoms with Crippen LogP contribution >= 0.6 is 22.6 Å². The number of carbonyl (C=O) groups is 2. The Morgan fingerprint density at radius 2 is 1.36 bits per heavy atom. The fourth-order valence-electron chi connectivity index (χ4n) is 2.40. The molecule has 124 valence electrons. The lowest BCUT2D eigenvalue weighted by Gasteiger charge is -2.07. The van der Waals surface area contributed by atoms with Crippen LogP contribution in [0.3, 0.4) is 0 Å². The predicted molar refractivity (Wildman–Crippen MR) is 106 cm³/mol. The van der Waals surface area contributed by atoms with Crippen molar-refractivity contribution in [1.29, 1.82) is 0 Å². The zero-order valence-corrected chi connectivity index (χ0v) is 15.5. The Morgan fingerprint density at radius 1 is 0.760 bits per heavy atom. The van der Waals surface area contributed by atoms with Crippen molar-refractivity contribution in [2.24, 2.45) is 0 Å². The standard InChI is InChI=1S/C21H15IO3/c22-19-9-5-4-8-18(19)21(24)25-14-20(23)17-12-10-16(11-13-17)15-6-2-1-3-7-15/h1-13H,14H2. The van der Waals surface area contributed by atoms with E-state index in [1.54, 1.807) is 24.3 Å². The van der Waals surface area contributed by atoms with E-state index in [9.17, 15) is 9.59 Å². The maximum atomic E-state index is 12.2. The van der Waals surface area contributed by atoms with E-state index < -0.39 is 5.97 Å². The van der Waals surface area contributed by atoms with Crippen LogP contribution in [0.15, 0.2) is 78.9 Å². The Kier molecular flexibility index (Phi) is 5.60. The molecule has 25 heavy (non-hydrogen) atoms. The van der Waals surface area contributed by atoms with E-state index in [0.717, 1.165) is 14.7 Å². The Balaban J connectivity index is 1.64. The lowest BCUT2D eigenvalue weighted by atomic mass is 10.0. The highest BCUT2D eigenvalue weighted by Gasteiger charge is 2.14. The van der Waals surface area contributed by atoms with Crippen molar-refractivity contribution in [2.75, 3.05) is 6.61 Å². The topological polar surface area (TPSA) is 43.4 Å². The minimum absolute atomic E-state index is 0.223. The molecule has 3 aromatic carbocycles. The van der Waals surface area contributed by atoms with Gasteiger partial charge in [-0.05, 0) is 45.9 Å². The molecular weight excluding hydrogens is 427 g/mol. The molecule has 0 bridgehead atoms. The number of carbonyl (C=O) groups excluding carboxylic acids is 2. The Hall–Kier alpha value is -2.47. The molecule has 0 aliphatic heterocycles. The summed E-state index contributed by atoms with van der Waals surface area (Å²) >= 11 is 2.07. The number of esters is 1. The normalized spacial score (nSPS) is 10.3. The first-order valence-electron chi connectivity index (χ1n) is 7.75. The number of ketones is 1. The van der Waals surface area contributed by atoms with E-state index in [-0.39, 0.29) is 12.4 Å². The number of Topliss-reactive ketones (excluding diaryl/α,β-unsaturated/α-hetero) is 1. The maximum Gasteiger partial charge on any atom is 0.339 e. The number of benzene rings is 3. The molecule has 0 aliphatic carbocycles. The molecule has 0 saturated heterocycles. The molecule has 0 saturated carbocycles. The van der Waals surface area contributed by atoms with Gasteiger partial charge in [-0.15, -0.1) is 0 Å². The first-order valence-corrected chi connectivity index (χ1v) is 8.83. The van der Waals surface area contributed by atoms with E-state index in [1.807, 2.05) is 54.6 Å². The van der Waals surface area contributed by atoms with Crippen LogP contribution in [0.2, 0.25) is 0 Å². The molecule has 0 atom stereocenters. The van der Waals surface area contributed by atoms with Crippen molar-refractivity contribution in [3.63, 3.8) is 0 Å². The summed E-state index contributed by atoms with van der Waals surface area (Å²) in [5.74, 6) is -0.710. The molecule has 0 aliphatic rings. The van der Waals surface area contributed by atoms with E-state index in [0.29, 0.717) is 11.1 Å². The van der Waals surface area contributed by atoms with Gasteiger partial charge in [0.15, 0.2) is 12.4 Å². The van der Waals surface area contributed by atoms with Gasteiger partial charge >= 0.3 is 5.97 Å². The molecule has 0 amide bonds. The van der Waals surface area contributed by atoms with Crippen molar-refractivity contribution in [3.05, 3.63) is 93.6 Å². The average molecular weight is 442 g/mol. The second kappa shape index (κ2) is 8.07. The molecule has 0 aromatic heterocycles. The van der Waals surface area contributed by atoms with Crippen molar-refractivity contribution in [2.45, 2.75) is 0 Å². The first kappa shape index (κ1) is 17.4. The smallest absolute Gasteiger partial charge is 0.339 e. The van der Waals surface area contributed by atoms with Gasteiger partial charge in [0.1, 0.15) is 0 Å². The summed E-state index contributed by atoms with van der Waals surface area (Å²) in [7, 11) is 0. The van der Waals surface area contributed by atoms with Gasteiger partial charge in [-0.1, -0.05) is 66.7 Å². The molecule has 0 spiro atoms. The predicted octanol–water partition coefficient (Wildman–Crippen LogP) is 5.00. The van der Waals surface area contributed by atoms with Crippen molar-refractivity contribution in [1.82, 2.24) is 0 Å². The molecule has 0 radical (unpaired) electrons. The average Bonchev–Trinajstić information content (AvgIpc) is 2.67. The summed E-state index contributed by atoms with van der Waals surface area (Å²) < 4.78 is 5.94. The van der Waals surface area contributed by atoms with Gasteiger partial charge in [-0.2, -0.15) is 0 Å². The van der Waals surface area contributed by atoms with Crippen molar-refractivity contribution in [3.8, 4) is 11.1 Å². The zero-order valence-electron chi connectivity index (χ0n) is 13.3. The SMILES string of the molecule is O=C(COC(=O)c1ccccc1I)c1ccc(-c2ccccc2)cc1. The number of hydrogen-bond acceptors (Lipinski definition) is 3. The van der Waals surface area contributed by atoms with Crippen LogP contribution in [0, 0.1) is 3.57 Å². The van der Waals surface area contributed by atoms with Crippen LogP contribution in [-0.2, 0) is 4.74 Å². The summed E-state index contributed by atoms with van der Waals surface area (Å²) in [6, 6.07) is 24.3. The number of rotatable bonds is 5. The van der Waals surface area contributed by atoms with Gasteiger partial charge in [-0.25, -0.2) is 4.79 Å². The molecule has 0 N–H and O–H groups in total. The third-order valence-corrected chi connectivity index (χ3v) is 4.68. The van der Waals surface area contributed by atoms with Crippen LogP contribution in [0.5, 0.6) is 0 Å². The Bertz CT molecular complexity index is 887. The number of halogens is 1. The lowest BCUT2D eigenvalue weighted by Crippen LogP contribution is -2.15. The largest absolute Gasteiger partial charge is 0.454 e. The lowest BCUT2D eigenvalue weighted by molar-refractivity contribution is 0.0473. The fourth-order valence-corrected chi connectivity index (χ4v) is 3.01. The quantitative estimate of drug-likeness (QED) is 0.318. The summed E-state index contributed by atoms with van der Waals surface area (Å²) in [6.45, 7) is -0.269. The van der Waals surface area contributed by atoms with Gasteiger partial charge in [0.05, 0.1) is 5.56 Å². The van der Waals surface area contributed by atoms with Crippen LogP contribution in [0.25, 0.3) is 11.1 Å². The fraction of sp³-hybridized carbons (Fsp3) is 0.0476. The summed E-state index contributed by atoms with van der Waals surface area (Å²) in [5.41, 5.74) is 3.12. The second-order valence-corrected chi connectivity index (χ2v) is 6.58. The van der Waals surface area contributed by atoms with Gasteiger partial charge in [0.2, 0.25) is 0 Å². The van der Waals surface area contributed by atoms with Crippen LogP contribution in [0.1, 0.15) is 20.7 Å². The monoisotopic (exact) mass is 442 g/mol. The second-order valence-electron chi connectivity index (χ2n) is 5.42. The van der Waals surface area contributed by atoms with Crippen LogP contribution in [0.4, 0.5) is 0 Å². The number of hydrogen-bond donors (Lipinski definition) is 0. The number of ether oxygens (including phenoxy) is 1. The Morgan fingerprint density at radius 3 is 2.04 bits per heavy atom. The molecule has 0 fully saturated rings. The molecular formula is C21H15IO3. The maximum absolute atomic E-state index is 12.2. The Labute approximate surface area is 159 Å². The van der Waals surface area contributed by atoms with Gasteiger partial charge in [-0.3, -0.25) is 4.79 Å². The molecule has 0 heterocycles. The zero-order chi connectivity index (χ0) is 17.6. The summed E-state index contributed by atoms with van der Waals surface area (Å²) in [5, 5.41) is 0. The highest BCUT2D eigenvalue weighted by Crippen LogP contribution is 2.19. The molecule has 4 heteroatoms. The highest BCUT2D eigenvalue weighted by atomic mass is 127. The summed E-state index contributed by atoms with van der Waals surface area (Å²) in [4.78, 5) is 24.3. The summed E-state index contributed by atoms with van der Waals surface area (Å²) in [6.07, 6.45) is 0. The van der Waals surface area contributed by atoms with Crippen molar-refractivity contribution < 1.29 is 14.3 Å². The van der Waals surface area contributed by atoms with Crippen LogP contribution < -0.4 is 0 Å². The van der Waals surface area contributed by atoms with E-state index in [4.69, 9.17) is 4.74 Å². The van der Waals surface area contributed by atoms with Crippen LogP contribution in [-0.4, -0.2) is 18.4 Å².